The SMILES string of the molecule is C=C(C)CC(=O)C1(C)CCCCO1. The van der Waals surface area contributed by atoms with Gasteiger partial charge in [-0.3, -0.25) is 4.79 Å². The van der Waals surface area contributed by atoms with E-state index in [1.54, 1.807) is 0 Å². The fourth-order valence-corrected chi connectivity index (χ4v) is 1.61. The zero-order chi connectivity index (χ0) is 9.90. The highest BCUT2D eigenvalue weighted by Crippen LogP contribution is 2.27. The Bertz CT molecular complexity index is 212. The number of ketones is 1. The van der Waals surface area contributed by atoms with Gasteiger partial charge in [-0.2, -0.15) is 0 Å². The van der Waals surface area contributed by atoms with Crippen molar-refractivity contribution in [1.29, 1.82) is 0 Å². The van der Waals surface area contributed by atoms with Gasteiger partial charge in [0.15, 0.2) is 5.78 Å². The van der Waals surface area contributed by atoms with E-state index in [0.717, 1.165) is 31.4 Å². The lowest BCUT2D eigenvalue weighted by Crippen LogP contribution is -2.41. The highest BCUT2D eigenvalue weighted by atomic mass is 16.5. The number of ether oxygens (including phenoxy) is 1. The summed E-state index contributed by atoms with van der Waals surface area (Å²) < 4.78 is 5.54. The summed E-state index contributed by atoms with van der Waals surface area (Å²) >= 11 is 0. The van der Waals surface area contributed by atoms with Crippen LogP contribution in [0, 0.1) is 0 Å². The molecule has 1 aliphatic rings. The Labute approximate surface area is 80.0 Å². The number of hydrogen-bond donors (Lipinski definition) is 0. The van der Waals surface area contributed by atoms with Crippen molar-refractivity contribution in [2.75, 3.05) is 6.61 Å². The summed E-state index contributed by atoms with van der Waals surface area (Å²) in [6.07, 6.45) is 3.49. The molecule has 0 saturated carbocycles. The molecule has 0 bridgehead atoms. The zero-order valence-electron chi connectivity index (χ0n) is 8.56. The van der Waals surface area contributed by atoms with Crippen LogP contribution in [0.1, 0.15) is 39.5 Å². The van der Waals surface area contributed by atoms with Gasteiger partial charge in [-0.25, -0.2) is 0 Å². The van der Waals surface area contributed by atoms with Crippen LogP contribution < -0.4 is 0 Å². The second-order valence-corrected chi connectivity index (χ2v) is 4.09. The Morgan fingerprint density at radius 2 is 2.23 bits per heavy atom. The molecule has 74 valence electrons. The molecule has 0 aromatic heterocycles. The first-order valence-electron chi connectivity index (χ1n) is 4.86. The molecule has 0 N–H and O–H groups in total. The molecule has 0 radical (unpaired) electrons. The van der Waals surface area contributed by atoms with Crippen molar-refractivity contribution in [2.24, 2.45) is 0 Å². The molecular weight excluding hydrogens is 164 g/mol. The Kier molecular flexibility index (Phi) is 3.26. The van der Waals surface area contributed by atoms with Gasteiger partial charge in [-0.15, -0.1) is 0 Å². The Morgan fingerprint density at radius 3 is 2.69 bits per heavy atom. The minimum atomic E-state index is -0.531. The van der Waals surface area contributed by atoms with Crippen LogP contribution in [0.5, 0.6) is 0 Å². The normalized spacial score (nSPS) is 28.5. The van der Waals surface area contributed by atoms with E-state index in [1.807, 2.05) is 13.8 Å². The van der Waals surface area contributed by atoms with E-state index in [-0.39, 0.29) is 5.78 Å². The molecule has 1 unspecified atom stereocenters. The Balaban J connectivity index is 2.56. The zero-order valence-corrected chi connectivity index (χ0v) is 8.56. The molecule has 1 fully saturated rings. The number of carbonyl (C=O) groups is 1. The van der Waals surface area contributed by atoms with Crippen LogP contribution in [0.2, 0.25) is 0 Å². The summed E-state index contributed by atoms with van der Waals surface area (Å²) in [5.74, 6) is 0.180. The molecule has 1 rings (SSSR count). The summed E-state index contributed by atoms with van der Waals surface area (Å²) in [5.41, 5.74) is 0.386. The molecular formula is C11H18O2. The first kappa shape index (κ1) is 10.5. The number of carbonyl (C=O) groups excluding carboxylic acids is 1. The van der Waals surface area contributed by atoms with E-state index < -0.39 is 5.60 Å². The van der Waals surface area contributed by atoms with Gasteiger partial charge < -0.3 is 4.74 Å². The minimum absolute atomic E-state index is 0.180. The number of allylic oxidation sites excluding steroid dienone is 1. The van der Waals surface area contributed by atoms with Gasteiger partial charge >= 0.3 is 0 Å². The van der Waals surface area contributed by atoms with Crippen molar-refractivity contribution < 1.29 is 9.53 Å². The lowest BCUT2D eigenvalue weighted by Gasteiger charge is -2.32. The maximum absolute atomic E-state index is 11.7. The molecule has 0 spiro atoms. The number of Topliss-reactive ketones (excluding diaryl/α,β-unsaturated/α-hetero) is 1. The molecule has 0 aliphatic carbocycles. The quantitative estimate of drug-likeness (QED) is 0.627. The molecule has 1 saturated heterocycles. The third-order valence-corrected chi connectivity index (χ3v) is 2.52. The summed E-state index contributed by atoms with van der Waals surface area (Å²) in [6, 6.07) is 0. The van der Waals surface area contributed by atoms with Crippen molar-refractivity contribution in [1.82, 2.24) is 0 Å². The van der Waals surface area contributed by atoms with Crippen LogP contribution in [0.25, 0.3) is 0 Å². The predicted octanol–water partition coefficient (Wildman–Crippen LogP) is 2.48. The van der Waals surface area contributed by atoms with Crippen LogP contribution in [0.3, 0.4) is 0 Å². The third-order valence-electron chi connectivity index (χ3n) is 2.52. The smallest absolute Gasteiger partial charge is 0.168 e. The lowest BCUT2D eigenvalue weighted by molar-refractivity contribution is -0.147. The highest BCUT2D eigenvalue weighted by Gasteiger charge is 2.34. The summed E-state index contributed by atoms with van der Waals surface area (Å²) in [6.45, 7) is 8.24. The second kappa shape index (κ2) is 4.05. The average Bonchev–Trinajstić information content (AvgIpc) is 2.04. The van der Waals surface area contributed by atoms with E-state index in [9.17, 15) is 4.79 Å². The Morgan fingerprint density at radius 1 is 1.54 bits per heavy atom. The maximum Gasteiger partial charge on any atom is 0.168 e. The van der Waals surface area contributed by atoms with Crippen LogP contribution in [0.4, 0.5) is 0 Å². The first-order valence-corrected chi connectivity index (χ1v) is 4.86. The molecule has 1 heterocycles. The molecule has 1 aliphatic heterocycles. The molecule has 1 atom stereocenters. The van der Waals surface area contributed by atoms with Gasteiger partial charge in [0.1, 0.15) is 5.60 Å². The van der Waals surface area contributed by atoms with Gasteiger partial charge in [0, 0.05) is 13.0 Å². The molecule has 2 heteroatoms. The van der Waals surface area contributed by atoms with Crippen molar-refractivity contribution >= 4 is 5.78 Å². The first-order chi connectivity index (χ1) is 6.04. The number of hydrogen-bond acceptors (Lipinski definition) is 2. The minimum Gasteiger partial charge on any atom is -0.367 e. The van der Waals surface area contributed by atoms with Crippen LogP contribution in [-0.4, -0.2) is 18.0 Å². The van der Waals surface area contributed by atoms with Gasteiger partial charge in [-0.1, -0.05) is 12.2 Å². The standard InChI is InChI=1S/C11H18O2/c1-9(2)8-10(12)11(3)6-4-5-7-13-11/h1,4-8H2,2-3H3. The van der Waals surface area contributed by atoms with Gasteiger partial charge in [-0.05, 0) is 33.1 Å². The largest absolute Gasteiger partial charge is 0.367 e. The van der Waals surface area contributed by atoms with E-state index >= 15 is 0 Å². The van der Waals surface area contributed by atoms with Crippen LogP contribution >= 0.6 is 0 Å². The number of rotatable bonds is 3. The third kappa shape index (κ3) is 2.66. The highest BCUT2D eigenvalue weighted by molar-refractivity contribution is 5.88. The fraction of sp³-hybridized carbons (Fsp3) is 0.727. The van der Waals surface area contributed by atoms with E-state index in [0.29, 0.717) is 6.42 Å². The molecule has 0 aromatic carbocycles. The molecule has 13 heavy (non-hydrogen) atoms. The Hall–Kier alpha value is -0.630. The van der Waals surface area contributed by atoms with Gasteiger partial charge in [0.05, 0.1) is 0 Å². The monoisotopic (exact) mass is 182 g/mol. The molecule has 2 nitrogen and oxygen atoms in total. The topological polar surface area (TPSA) is 26.3 Å². The van der Waals surface area contributed by atoms with E-state index in [2.05, 4.69) is 6.58 Å². The van der Waals surface area contributed by atoms with Gasteiger partial charge in [0.2, 0.25) is 0 Å². The van der Waals surface area contributed by atoms with Crippen LogP contribution in [0.15, 0.2) is 12.2 Å². The van der Waals surface area contributed by atoms with E-state index in [4.69, 9.17) is 4.74 Å². The fourth-order valence-electron chi connectivity index (χ4n) is 1.61. The summed E-state index contributed by atoms with van der Waals surface area (Å²) in [5, 5.41) is 0. The molecule has 0 amide bonds. The van der Waals surface area contributed by atoms with Crippen molar-refractivity contribution in [3.8, 4) is 0 Å². The average molecular weight is 182 g/mol. The van der Waals surface area contributed by atoms with Crippen molar-refractivity contribution in [3.05, 3.63) is 12.2 Å². The summed E-state index contributed by atoms with van der Waals surface area (Å²) in [7, 11) is 0. The van der Waals surface area contributed by atoms with Gasteiger partial charge in [0.25, 0.3) is 0 Å². The lowest BCUT2D eigenvalue weighted by atomic mass is 9.88. The summed E-state index contributed by atoms with van der Waals surface area (Å²) in [4.78, 5) is 11.7. The van der Waals surface area contributed by atoms with Crippen LogP contribution in [-0.2, 0) is 9.53 Å². The molecule has 0 aromatic rings. The van der Waals surface area contributed by atoms with Crippen molar-refractivity contribution in [2.45, 2.75) is 45.1 Å². The second-order valence-electron chi connectivity index (χ2n) is 4.09. The predicted molar refractivity (Wildman–Crippen MR) is 52.6 cm³/mol. The van der Waals surface area contributed by atoms with Crippen molar-refractivity contribution in [3.63, 3.8) is 0 Å². The maximum atomic E-state index is 11.7. The van der Waals surface area contributed by atoms with E-state index in [1.165, 1.54) is 0 Å².